The molecule has 0 amide bonds. The van der Waals surface area contributed by atoms with Crippen LogP contribution < -0.4 is 4.72 Å². The van der Waals surface area contributed by atoms with E-state index in [1.807, 2.05) is 39.8 Å². The fourth-order valence-electron chi connectivity index (χ4n) is 1.79. The topological polar surface area (TPSA) is 63.2 Å². The molecule has 0 unspecified atom stereocenters. The van der Waals surface area contributed by atoms with Crippen molar-refractivity contribution in [3.8, 4) is 0 Å². The van der Waals surface area contributed by atoms with Gasteiger partial charge >= 0.3 is 0 Å². The Morgan fingerprint density at radius 3 is 1.91 bits per heavy atom. The highest BCUT2D eigenvalue weighted by molar-refractivity contribution is 7.92. The SMILES string of the molecule is Cc1ccc([S@@](=O)N[C@H](CS(=O)(=O)C(C)(C)C)C(C)(C)C)cc1. The van der Waals surface area contributed by atoms with Crippen molar-refractivity contribution in [1.29, 1.82) is 0 Å². The molecule has 4 nitrogen and oxygen atoms in total. The summed E-state index contributed by atoms with van der Waals surface area (Å²) >= 11 is 0. The van der Waals surface area contributed by atoms with Gasteiger partial charge in [0.05, 0.1) is 15.4 Å². The smallest absolute Gasteiger partial charge is 0.156 e. The summed E-state index contributed by atoms with van der Waals surface area (Å²) in [7, 11) is -4.76. The van der Waals surface area contributed by atoms with E-state index in [0.29, 0.717) is 4.90 Å². The monoisotopic (exact) mass is 359 g/mol. The van der Waals surface area contributed by atoms with Gasteiger partial charge in [-0.25, -0.2) is 17.3 Å². The second kappa shape index (κ2) is 7.03. The summed E-state index contributed by atoms with van der Waals surface area (Å²) in [5, 5.41) is 0. The van der Waals surface area contributed by atoms with Crippen molar-refractivity contribution in [3.05, 3.63) is 29.8 Å². The van der Waals surface area contributed by atoms with Gasteiger partial charge in [0.25, 0.3) is 0 Å². The molecule has 0 fully saturated rings. The first-order valence-corrected chi connectivity index (χ1v) is 10.5. The Balaban J connectivity index is 3.01. The lowest BCUT2D eigenvalue weighted by Gasteiger charge is -2.33. The molecule has 0 heterocycles. The van der Waals surface area contributed by atoms with Gasteiger partial charge < -0.3 is 0 Å². The molecule has 0 aromatic heterocycles. The van der Waals surface area contributed by atoms with Crippen molar-refractivity contribution < 1.29 is 12.6 Å². The van der Waals surface area contributed by atoms with E-state index < -0.39 is 31.6 Å². The van der Waals surface area contributed by atoms with Crippen LogP contribution in [0.25, 0.3) is 0 Å². The summed E-state index contributed by atoms with van der Waals surface area (Å²) in [4.78, 5) is 0.651. The minimum absolute atomic E-state index is 0.0440. The highest BCUT2D eigenvalue weighted by Crippen LogP contribution is 2.26. The average Bonchev–Trinajstić information content (AvgIpc) is 2.35. The Morgan fingerprint density at radius 1 is 1.04 bits per heavy atom. The molecule has 132 valence electrons. The zero-order chi connectivity index (χ0) is 18.1. The van der Waals surface area contributed by atoms with Gasteiger partial charge in [-0.15, -0.1) is 0 Å². The largest absolute Gasteiger partial charge is 0.237 e. The van der Waals surface area contributed by atoms with Crippen LogP contribution in [0.4, 0.5) is 0 Å². The first kappa shape index (κ1) is 20.3. The average molecular weight is 360 g/mol. The third-order valence-corrected chi connectivity index (χ3v) is 7.69. The van der Waals surface area contributed by atoms with E-state index in [-0.39, 0.29) is 11.2 Å². The number of hydrogen-bond acceptors (Lipinski definition) is 3. The number of sulfone groups is 1. The second-order valence-electron chi connectivity index (χ2n) is 8.01. The van der Waals surface area contributed by atoms with E-state index in [0.717, 1.165) is 5.56 Å². The van der Waals surface area contributed by atoms with Gasteiger partial charge in [0.15, 0.2) is 9.84 Å². The van der Waals surface area contributed by atoms with Crippen molar-refractivity contribution in [2.75, 3.05) is 5.75 Å². The molecular formula is C17H29NO3S2. The highest BCUT2D eigenvalue weighted by atomic mass is 32.2. The molecule has 1 rings (SSSR count). The van der Waals surface area contributed by atoms with Crippen molar-refractivity contribution in [2.24, 2.45) is 5.41 Å². The molecule has 1 aromatic rings. The molecule has 0 spiro atoms. The van der Waals surface area contributed by atoms with Gasteiger partial charge in [0, 0.05) is 6.04 Å². The molecule has 0 aliphatic rings. The summed E-state index contributed by atoms with van der Waals surface area (Å²) < 4.78 is 39.8. The van der Waals surface area contributed by atoms with E-state index in [1.54, 1.807) is 32.9 Å². The van der Waals surface area contributed by atoms with Gasteiger partial charge in [-0.05, 0) is 45.2 Å². The quantitative estimate of drug-likeness (QED) is 0.878. The molecule has 0 aliphatic heterocycles. The van der Waals surface area contributed by atoms with Crippen LogP contribution in [0, 0.1) is 12.3 Å². The number of benzene rings is 1. The molecule has 0 bridgehead atoms. The predicted octanol–water partition coefficient (Wildman–Crippen LogP) is 3.24. The standard InChI is InChI=1S/C17H29NO3S2/c1-13-8-10-14(11-9-13)22(19)18-15(16(2,3)4)12-23(20,21)17(5,6)7/h8-11,15,18H,12H2,1-7H3/t15-,22-/m1/s1. The first-order chi connectivity index (χ1) is 10.2. The Morgan fingerprint density at radius 2 is 1.52 bits per heavy atom. The molecule has 0 radical (unpaired) electrons. The molecule has 1 N–H and O–H groups in total. The third kappa shape index (κ3) is 5.69. The van der Waals surface area contributed by atoms with E-state index in [1.165, 1.54) is 0 Å². The fourth-order valence-corrected chi connectivity index (χ4v) is 4.63. The van der Waals surface area contributed by atoms with Gasteiger partial charge in [-0.3, -0.25) is 0 Å². The summed E-state index contributed by atoms with van der Waals surface area (Å²) in [6.07, 6.45) is 0. The van der Waals surface area contributed by atoms with Crippen LogP contribution in [0.5, 0.6) is 0 Å². The fraction of sp³-hybridized carbons (Fsp3) is 0.647. The molecule has 1 aromatic carbocycles. The lowest BCUT2D eigenvalue weighted by molar-refractivity contribution is 0.321. The van der Waals surface area contributed by atoms with Crippen LogP contribution in [-0.2, 0) is 20.8 Å². The van der Waals surface area contributed by atoms with Gasteiger partial charge in [0.1, 0.15) is 11.0 Å². The van der Waals surface area contributed by atoms with Crippen LogP contribution in [0.15, 0.2) is 29.2 Å². The van der Waals surface area contributed by atoms with Crippen LogP contribution in [0.1, 0.15) is 47.1 Å². The maximum atomic E-state index is 12.6. The Kier molecular flexibility index (Phi) is 6.21. The molecule has 6 heteroatoms. The molecule has 0 saturated carbocycles. The van der Waals surface area contributed by atoms with Crippen LogP contribution in [-0.4, -0.2) is 29.2 Å². The predicted molar refractivity (Wildman–Crippen MR) is 97.5 cm³/mol. The van der Waals surface area contributed by atoms with E-state index >= 15 is 0 Å². The van der Waals surface area contributed by atoms with Crippen molar-refractivity contribution in [3.63, 3.8) is 0 Å². The third-order valence-electron chi connectivity index (χ3n) is 3.85. The first-order valence-electron chi connectivity index (χ1n) is 7.71. The van der Waals surface area contributed by atoms with Gasteiger partial charge in [-0.2, -0.15) is 0 Å². The van der Waals surface area contributed by atoms with Crippen molar-refractivity contribution in [2.45, 2.75) is 64.2 Å². The summed E-state index contributed by atoms with van der Waals surface area (Å²) in [6.45, 7) is 12.9. The summed E-state index contributed by atoms with van der Waals surface area (Å²) in [5.74, 6) is -0.0440. The number of hydrogen-bond donors (Lipinski definition) is 1. The zero-order valence-corrected chi connectivity index (χ0v) is 16.8. The molecule has 23 heavy (non-hydrogen) atoms. The highest BCUT2D eigenvalue weighted by Gasteiger charge is 2.36. The normalized spacial score (nSPS) is 16.1. The van der Waals surface area contributed by atoms with Crippen LogP contribution >= 0.6 is 0 Å². The number of aryl methyl sites for hydroxylation is 1. The van der Waals surface area contributed by atoms with Crippen LogP contribution in [0.3, 0.4) is 0 Å². The Bertz CT molecular complexity index is 651. The lowest BCUT2D eigenvalue weighted by atomic mass is 9.89. The molecule has 0 aliphatic carbocycles. The van der Waals surface area contributed by atoms with Gasteiger partial charge in [0.2, 0.25) is 0 Å². The van der Waals surface area contributed by atoms with E-state index in [4.69, 9.17) is 0 Å². The maximum absolute atomic E-state index is 12.6. The maximum Gasteiger partial charge on any atom is 0.156 e. The van der Waals surface area contributed by atoms with Gasteiger partial charge in [-0.1, -0.05) is 38.5 Å². The molecule has 0 saturated heterocycles. The van der Waals surface area contributed by atoms with E-state index in [2.05, 4.69) is 4.72 Å². The van der Waals surface area contributed by atoms with Crippen LogP contribution in [0.2, 0.25) is 0 Å². The second-order valence-corrected chi connectivity index (χ2v) is 12.0. The zero-order valence-electron chi connectivity index (χ0n) is 15.1. The van der Waals surface area contributed by atoms with E-state index in [9.17, 15) is 12.6 Å². The Hall–Kier alpha value is -0.720. The van der Waals surface area contributed by atoms with Crippen molar-refractivity contribution in [1.82, 2.24) is 4.72 Å². The number of nitrogens with one attached hydrogen (secondary N) is 1. The molecular weight excluding hydrogens is 330 g/mol. The number of rotatable bonds is 5. The van der Waals surface area contributed by atoms with Crippen molar-refractivity contribution >= 4 is 20.8 Å². The minimum Gasteiger partial charge on any atom is -0.237 e. The lowest BCUT2D eigenvalue weighted by Crippen LogP contribution is -2.48. The Labute approximate surface area is 143 Å². The molecule has 2 atom stereocenters. The minimum atomic E-state index is -3.31. The summed E-state index contributed by atoms with van der Waals surface area (Å²) in [5.41, 5.74) is 0.756. The summed E-state index contributed by atoms with van der Waals surface area (Å²) in [6, 6.07) is 6.99.